The Morgan fingerprint density at radius 1 is 1.00 bits per heavy atom. The third-order valence-corrected chi connectivity index (χ3v) is 4.61. The van der Waals surface area contributed by atoms with E-state index in [4.69, 9.17) is 21.1 Å². The summed E-state index contributed by atoms with van der Waals surface area (Å²) < 4.78 is 11.3. The van der Waals surface area contributed by atoms with E-state index < -0.39 is 5.91 Å². The summed E-state index contributed by atoms with van der Waals surface area (Å²) in [5, 5.41) is 12.8. The van der Waals surface area contributed by atoms with Crippen LogP contribution in [0.1, 0.15) is 25.0 Å². The first-order valence-electron chi connectivity index (χ1n) is 10.1. The number of nitriles is 1. The number of ether oxygens (including phenoxy) is 2. The van der Waals surface area contributed by atoms with E-state index in [0.29, 0.717) is 23.1 Å². The van der Waals surface area contributed by atoms with Crippen molar-refractivity contribution in [2.24, 2.45) is 0 Å². The van der Waals surface area contributed by atoms with Crippen molar-refractivity contribution in [3.05, 3.63) is 94.5 Å². The fourth-order valence-electron chi connectivity index (χ4n) is 2.81. The van der Waals surface area contributed by atoms with Crippen LogP contribution >= 0.6 is 11.6 Å². The lowest BCUT2D eigenvalue weighted by molar-refractivity contribution is -0.112. The lowest BCUT2D eigenvalue weighted by atomic mass is 10.1. The predicted octanol–water partition coefficient (Wildman–Crippen LogP) is 6.25. The molecule has 6 heteroatoms. The maximum atomic E-state index is 12.5. The zero-order valence-corrected chi connectivity index (χ0v) is 18.6. The van der Waals surface area contributed by atoms with E-state index in [9.17, 15) is 10.1 Å². The Balaban J connectivity index is 1.59. The van der Waals surface area contributed by atoms with Crippen LogP contribution in [-0.2, 0) is 11.4 Å². The summed E-state index contributed by atoms with van der Waals surface area (Å²) in [5.41, 5.74) is 2.31. The van der Waals surface area contributed by atoms with Crippen molar-refractivity contribution in [3.8, 4) is 17.6 Å². The third-order valence-electron chi connectivity index (χ3n) is 4.36. The van der Waals surface area contributed by atoms with Gasteiger partial charge >= 0.3 is 0 Å². The minimum atomic E-state index is -0.482. The van der Waals surface area contributed by atoms with Gasteiger partial charge < -0.3 is 14.8 Å². The first-order valence-corrected chi connectivity index (χ1v) is 10.5. The van der Waals surface area contributed by atoms with Gasteiger partial charge in [0, 0.05) is 10.7 Å². The van der Waals surface area contributed by atoms with E-state index in [-0.39, 0.29) is 11.7 Å². The topological polar surface area (TPSA) is 71.3 Å². The van der Waals surface area contributed by atoms with Crippen molar-refractivity contribution in [3.63, 3.8) is 0 Å². The first kappa shape index (κ1) is 22.9. The molecule has 0 aliphatic rings. The Kier molecular flexibility index (Phi) is 7.91. The van der Waals surface area contributed by atoms with Crippen molar-refractivity contribution in [2.75, 3.05) is 5.32 Å². The summed E-state index contributed by atoms with van der Waals surface area (Å²) in [4.78, 5) is 12.5. The van der Waals surface area contributed by atoms with E-state index in [2.05, 4.69) is 5.32 Å². The van der Waals surface area contributed by atoms with Crippen molar-refractivity contribution in [2.45, 2.75) is 26.6 Å². The lowest BCUT2D eigenvalue weighted by Crippen LogP contribution is -2.13. The van der Waals surface area contributed by atoms with Crippen LogP contribution in [0.5, 0.6) is 11.5 Å². The molecular weight excluding hydrogens is 424 g/mol. The van der Waals surface area contributed by atoms with E-state index >= 15 is 0 Å². The number of hydrogen-bond acceptors (Lipinski definition) is 4. The number of benzene rings is 3. The SMILES string of the molecule is CC(C)Oc1ccc(/C=C(\C#N)C(=O)Nc2ccc(OCc3ccc(Cl)cc3)cc2)cc1. The Morgan fingerprint density at radius 3 is 2.22 bits per heavy atom. The van der Waals surface area contributed by atoms with Gasteiger partial charge in [-0.1, -0.05) is 35.9 Å². The number of nitrogens with one attached hydrogen (secondary N) is 1. The standard InChI is InChI=1S/C26H23ClN2O3/c1-18(2)32-25-11-5-19(6-12-25)15-21(16-28)26(30)29-23-9-13-24(14-10-23)31-17-20-3-7-22(27)8-4-20/h3-15,18H,17H2,1-2H3,(H,29,30)/b21-15+. The molecule has 0 bridgehead atoms. The van der Waals surface area contributed by atoms with Gasteiger partial charge in [-0.3, -0.25) is 4.79 Å². The zero-order valence-electron chi connectivity index (χ0n) is 17.8. The minimum Gasteiger partial charge on any atom is -0.491 e. The Labute approximate surface area is 192 Å². The molecule has 0 atom stereocenters. The molecule has 0 fully saturated rings. The van der Waals surface area contributed by atoms with Crippen LogP contribution in [0.4, 0.5) is 5.69 Å². The maximum Gasteiger partial charge on any atom is 0.266 e. The van der Waals surface area contributed by atoms with Crippen molar-refractivity contribution < 1.29 is 14.3 Å². The molecule has 32 heavy (non-hydrogen) atoms. The number of halogens is 1. The van der Waals surface area contributed by atoms with Gasteiger partial charge in [0.05, 0.1) is 6.10 Å². The number of rotatable bonds is 8. The van der Waals surface area contributed by atoms with E-state index in [0.717, 1.165) is 16.9 Å². The fourth-order valence-corrected chi connectivity index (χ4v) is 2.94. The van der Waals surface area contributed by atoms with Crippen LogP contribution in [-0.4, -0.2) is 12.0 Å². The number of hydrogen-bond donors (Lipinski definition) is 1. The predicted molar refractivity (Wildman–Crippen MR) is 127 cm³/mol. The minimum absolute atomic E-state index is 0.00518. The molecule has 1 N–H and O–H groups in total. The number of carbonyl (C=O) groups is 1. The molecule has 0 saturated heterocycles. The molecule has 3 rings (SSSR count). The average molecular weight is 447 g/mol. The van der Waals surface area contributed by atoms with E-state index in [1.165, 1.54) is 6.08 Å². The van der Waals surface area contributed by atoms with E-state index in [1.807, 2.05) is 56.3 Å². The van der Waals surface area contributed by atoms with Crippen LogP contribution in [0.25, 0.3) is 6.08 Å². The smallest absolute Gasteiger partial charge is 0.266 e. The normalized spacial score (nSPS) is 11.0. The largest absolute Gasteiger partial charge is 0.491 e. The van der Waals surface area contributed by atoms with Crippen LogP contribution in [0.15, 0.2) is 78.4 Å². The summed E-state index contributed by atoms with van der Waals surface area (Å²) in [6.45, 7) is 4.31. The molecule has 5 nitrogen and oxygen atoms in total. The molecule has 0 heterocycles. The molecule has 0 aliphatic heterocycles. The Bertz CT molecular complexity index is 1110. The molecule has 1 amide bonds. The van der Waals surface area contributed by atoms with Crippen LogP contribution in [0, 0.1) is 11.3 Å². The molecule has 0 radical (unpaired) electrons. The highest BCUT2D eigenvalue weighted by molar-refractivity contribution is 6.30. The second kappa shape index (κ2) is 11.0. The van der Waals surface area contributed by atoms with Gasteiger partial charge in [0.1, 0.15) is 29.7 Å². The highest BCUT2D eigenvalue weighted by Crippen LogP contribution is 2.20. The van der Waals surface area contributed by atoms with Gasteiger partial charge in [-0.05, 0) is 79.6 Å². The zero-order chi connectivity index (χ0) is 22.9. The quantitative estimate of drug-likeness (QED) is 0.328. The molecule has 162 valence electrons. The van der Waals surface area contributed by atoms with E-state index in [1.54, 1.807) is 36.4 Å². The van der Waals surface area contributed by atoms with Crippen molar-refractivity contribution in [1.82, 2.24) is 0 Å². The van der Waals surface area contributed by atoms with Crippen LogP contribution < -0.4 is 14.8 Å². The average Bonchev–Trinajstić information content (AvgIpc) is 2.78. The van der Waals surface area contributed by atoms with Crippen molar-refractivity contribution >= 4 is 29.3 Å². The monoisotopic (exact) mass is 446 g/mol. The second-order valence-corrected chi connectivity index (χ2v) is 7.74. The molecule has 0 unspecified atom stereocenters. The summed E-state index contributed by atoms with van der Waals surface area (Å²) in [6, 6.07) is 23.6. The number of amides is 1. The summed E-state index contributed by atoms with van der Waals surface area (Å²) in [6.07, 6.45) is 1.61. The Hall–Kier alpha value is -3.75. The number of carbonyl (C=O) groups excluding carboxylic acids is 1. The number of nitrogens with zero attached hydrogens (tertiary/aromatic N) is 1. The molecular formula is C26H23ClN2O3. The fraction of sp³-hybridized carbons (Fsp3) is 0.154. The van der Waals surface area contributed by atoms with Gasteiger partial charge in [-0.25, -0.2) is 0 Å². The third kappa shape index (κ3) is 6.90. The molecule has 0 aliphatic carbocycles. The van der Waals surface area contributed by atoms with Crippen molar-refractivity contribution in [1.29, 1.82) is 5.26 Å². The molecule has 0 aromatic heterocycles. The summed E-state index contributed by atoms with van der Waals surface area (Å²) >= 11 is 5.88. The van der Waals surface area contributed by atoms with Gasteiger partial charge in [0.25, 0.3) is 5.91 Å². The highest BCUT2D eigenvalue weighted by atomic mass is 35.5. The van der Waals surface area contributed by atoms with Gasteiger partial charge in [0.15, 0.2) is 0 Å². The molecule has 0 spiro atoms. The van der Waals surface area contributed by atoms with Crippen LogP contribution in [0.3, 0.4) is 0 Å². The maximum absolute atomic E-state index is 12.5. The summed E-state index contributed by atoms with van der Waals surface area (Å²) in [7, 11) is 0. The van der Waals surface area contributed by atoms with Gasteiger partial charge in [-0.15, -0.1) is 0 Å². The summed E-state index contributed by atoms with van der Waals surface area (Å²) in [5.74, 6) is 0.918. The van der Waals surface area contributed by atoms with Crippen LogP contribution in [0.2, 0.25) is 5.02 Å². The lowest BCUT2D eigenvalue weighted by Gasteiger charge is -2.09. The molecule has 0 saturated carbocycles. The second-order valence-electron chi connectivity index (χ2n) is 7.30. The molecule has 3 aromatic rings. The Morgan fingerprint density at radius 2 is 1.62 bits per heavy atom. The first-order chi connectivity index (χ1) is 15.4. The van der Waals surface area contributed by atoms with Gasteiger partial charge in [-0.2, -0.15) is 5.26 Å². The highest BCUT2D eigenvalue weighted by Gasteiger charge is 2.10. The van der Waals surface area contributed by atoms with Gasteiger partial charge in [0.2, 0.25) is 0 Å². The number of anilines is 1. The molecule has 3 aromatic carbocycles.